The van der Waals surface area contributed by atoms with Crippen LogP contribution in [0.15, 0.2) is 55.0 Å². The van der Waals surface area contributed by atoms with E-state index >= 15 is 0 Å². The summed E-state index contributed by atoms with van der Waals surface area (Å²) in [4.78, 5) is 20.2. The summed E-state index contributed by atoms with van der Waals surface area (Å²) in [6, 6.07) is 13.5. The fraction of sp³-hybridized carbons (Fsp3) is 0.484. The van der Waals surface area contributed by atoms with Crippen molar-refractivity contribution in [3.8, 4) is 0 Å². The molecule has 0 spiro atoms. The molecule has 2 aliphatic rings. The zero-order chi connectivity index (χ0) is 27.4. The van der Waals surface area contributed by atoms with E-state index in [2.05, 4.69) is 56.3 Å². The van der Waals surface area contributed by atoms with Gasteiger partial charge in [-0.1, -0.05) is 50.6 Å². The highest BCUT2D eigenvalue weighted by Crippen LogP contribution is 2.31. The lowest BCUT2D eigenvalue weighted by Crippen LogP contribution is -2.56. The predicted molar refractivity (Wildman–Crippen MR) is 149 cm³/mol. The van der Waals surface area contributed by atoms with Gasteiger partial charge in [0.05, 0.1) is 12.4 Å². The molecule has 5 rings (SSSR count). The third kappa shape index (κ3) is 6.56. The first-order valence-corrected chi connectivity index (χ1v) is 14.3. The molecule has 1 aliphatic carbocycles. The number of aromatic nitrogens is 2. The standard InChI is InChI=1S/C31H39F2N5O/c1-3-8-29(35-24-12-11-22-13-23(32)14-28(33)27(22)15-24)31(39)36-30-19-37(20-34-30)18-26-16-25(4-2)38(26)17-21-9-6-5-7-10-21/h5-7,9-10,13-14,19-20,24-26,29,35H,3-4,8,11-12,15-18H2,1-2H3,(H,36,39)/t24-,25?,26?,29-/m0/s1. The van der Waals surface area contributed by atoms with Gasteiger partial charge in [-0.05, 0) is 61.3 Å². The highest BCUT2D eigenvalue weighted by atomic mass is 19.1. The van der Waals surface area contributed by atoms with Crippen molar-refractivity contribution >= 4 is 11.7 Å². The highest BCUT2D eigenvalue weighted by molar-refractivity contribution is 5.94. The van der Waals surface area contributed by atoms with Crippen LogP contribution in [0.25, 0.3) is 0 Å². The maximum atomic E-state index is 14.4. The zero-order valence-corrected chi connectivity index (χ0v) is 22.9. The molecule has 3 aromatic rings. The summed E-state index contributed by atoms with van der Waals surface area (Å²) < 4.78 is 30.0. The van der Waals surface area contributed by atoms with Gasteiger partial charge in [-0.3, -0.25) is 9.69 Å². The van der Waals surface area contributed by atoms with Crippen molar-refractivity contribution in [1.29, 1.82) is 0 Å². The van der Waals surface area contributed by atoms with E-state index in [1.54, 1.807) is 6.33 Å². The topological polar surface area (TPSA) is 62.2 Å². The molecule has 1 aliphatic heterocycles. The predicted octanol–water partition coefficient (Wildman–Crippen LogP) is 5.47. The molecule has 6 nitrogen and oxygen atoms in total. The number of nitrogens with one attached hydrogen (secondary N) is 2. The first-order chi connectivity index (χ1) is 18.9. The van der Waals surface area contributed by atoms with E-state index in [9.17, 15) is 13.6 Å². The molecule has 1 saturated heterocycles. The van der Waals surface area contributed by atoms with Crippen molar-refractivity contribution < 1.29 is 13.6 Å². The SMILES string of the molecule is CCC[C@H](N[C@H]1CCc2cc(F)cc(F)c2C1)C(=O)Nc1cn(CC2CC(CC)N2Cc2ccccc2)cn1. The van der Waals surface area contributed by atoms with Gasteiger partial charge >= 0.3 is 0 Å². The molecule has 2 aromatic carbocycles. The summed E-state index contributed by atoms with van der Waals surface area (Å²) >= 11 is 0. The molecule has 1 fully saturated rings. The van der Waals surface area contributed by atoms with E-state index in [1.165, 1.54) is 11.6 Å². The Kier molecular flexibility index (Phi) is 8.72. The molecule has 2 unspecified atom stereocenters. The van der Waals surface area contributed by atoms with Crippen molar-refractivity contribution in [1.82, 2.24) is 19.8 Å². The molecule has 208 valence electrons. The van der Waals surface area contributed by atoms with Crippen molar-refractivity contribution in [3.05, 3.63) is 83.3 Å². The van der Waals surface area contributed by atoms with Gasteiger partial charge < -0.3 is 15.2 Å². The molecule has 1 aromatic heterocycles. The Morgan fingerprint density at radius 3 is 2.74 bits per heavy atom. The second-order valence-electron chi connectivity index (χ2n) is 11.0. The maximum Gasteiger partial charge on any atom is 0.242 e. The Hall–Kier alpha value is -3.10. The first-order valence-electron chi connectivity index (χ1n) is 14.3. The van der Waals surface area contributed by atoms with Crippen LogP contribution in [0.5, 0.6) is 0 Å². The number of benzene rings is 2. The van der Waals surface area contributed by atoms with Crippen LogP contribution in [0.2, 0.25) is 0 Å². The number of rotatable bonds is 11. The van der Waals surface area contributed by atoms with Gasteiger partial charge in [0.15, 0.2) is 5.82 Å². The Morgan fingerprint density at radius 1 is 1.15 bits per heavy atom. The van der Waals surface area contributed by atoms with E-state index in [0.29, 0.717) is 42.7 Å². The number of fused-ring (bicyclic) bond motifs is 1. The van der Waals surface area contributed by atoms with E-state index < -0.39 is 17.7 Å². The van der Waals surface area contributed by atoms with Crippen LogP contribution in [0.3, 0.4) is 0 Å². The second kappa shape index (κ2) is 12.4. The molecule has 39 heavy (non-hydrogen) atoms. The molecular formula is C31H39F2N5O. The summed E-state index contributed by atoms with van der Waals surface area (Å²) in [5.41, 5.74) is 2.61. The summed E-state index contributed by atoms with van der Waals surface area (Å²) in [6.07, 6.45) is 9.25. The smallest absolute Gasteiger partial charge is 0.242 e. The van der Waals surface area contributed by atoms with Gasteiger partial charge in [0.2, 0.25) is 5.91 Å². The molecule has 0 radical (unpaired) electrons. The normalized spacial score (nSPS) is 21.7. The molecule has 2 N–H and O–H groups in total. The van der Waals surface area contributed by atoms with Gasteiger partial charge in [-0.2, -0.15) is 0 Å². The van der Waals surface area contributed by atoms with E-state index in [1.807, 2.05) is 19.2 Å². The Bertz CT molecular complexity index is 1260. The summed E-state index contributed by atoms with van der Waals surface area (Å²) in [7, 11) is 0. The summed E-state index contributed by atoms with van der Waals surface area (Å²) in [5.74, 6) is -0.628. The lowest BCUT2D eigenvalue weighted by molar-refractivity contribution is -0.118. The fourth-order valence-electron chi connectivity index (χ4n) is 6.15. The number of carbonyl (C=O) groups is 1. The van der Waals surface area contributed by atoms with Gasteiger partial charge in [0.25, 0.3) is 0 Å². The number of likely N-dealkylation sites (tertiary alicyclic amines) is 1. The third-order valence-corrected chi connectivity index (χ3v) is 8.26. The second-order valence-corrected chi connectivity index (χ2v) is 11.0. The van der Waals surface area contributed by atoms with Gasteiger partial charge in [0, 0.05) is 43.5 Å². The summed E-state index contributed by atoms with van der Waals surface area (Å²) in [6.45, 7) is 6.05. The lowest BCUT2D eigenvalue weighted by Gasteiger charge is -2.49. The first kappa shape index (κ1) is 27.5. The quantitative estimate of drug-likeness (QED) is 0.342. The Labute approximate surface area is 229 Å². The van der Waals surface area contributed by atoms with Crippen molar-refractivity contribution in [2.24, 2.45) is 0 Å². The average Bonchev–Trinajstić information content (AvgIpc) is 3.36. The fourth-order valence-corrected chi connectivity index (χ4v) is 6.15. The minimum atomic E-state index is -0.535. The number of carbonyl (C=O) groups excluding carboxylic acids is 1. The number of aryl methyl sites for hydroxylation is 1. The van der Waals surface area contributed by atoms with Crippen molar-refractivity contribution in [2.75, 3.05) is 5.32 Å². The average molecular weight is 536 g/mol. The molecule has 8 heteroatoms. The number of nitrogens with zero attached hydrogens (tertiary/aromatic N) is 3. The van der Waals surface area contributed by atoms with E-state index in [-0.39, 0.29) is 11.9 Å². The molecule has 0 saturated carbocycles. The van der Waals surface area contributed by atoms with Crippen LogP contribution < -0.4 is 10.6 Å². The molecule has 2 heterocycles. The lowest BCUT2D eigenvalue weighted by atomic mass is 9.87. The molecule has 1 amide bonds. The zero-order valence-electron chi connectivity index (χ0n) is 22.9. The molecule has 0 bridgehead atoms. The van der Waals surface area contributed by atoms with Crippen molar-refractivity contribution in [2.45, 2.75) is 96.1 Å². The molecule has 4 atom stereocenters. The third-order valence-electron chi connectivity index (χ3n) is 8.26. The molecular weight excluding hydrogens is 496 g/mol. The van der Waals surface area contributed by atoms with Crippen LogP contribution in [-0.4, -0.2) is 44.5 Å². The van der Waals surface area contributed by atoms with Crippen LogP contribution in [-0.2, 0) is 30.7 Å². The minimum Gasteiger partial charge on any atom is -0.334 e. The minimum absolute atomic E-state index is 0.0435. The number of amides is 1. The number of imidazole rings is 1. The largest absolute Gasteiger partial charge is 0.334 e. The highest BCUT2D eigenvalue weighted by Gasteiger charge is 2.37. The maximum absolute atomic E-state index is 14.4. The van der Waals surface area contributed by atoms with Crippen molar-refractivity contribution in [3.63, 3.8) is 0 Å². The van der Waals surface area contributed by atoms with Crippen LogP contribution in [0.4, 0.5) is 14.6 Å². The van der Waals surface area contributed by atoms with Crippen LogP contribution in [0.1, 0.15) is 62.6 Å². The van der Waals surface area contributed by atoms with Crippen LogP contribution >= 0.6 is 0 Å². The number of hydrogen-bond acceptors (Lipinski definition) is 4. The van der Waals surface area contributed by atoms with E-state index in [4.69, 9.17) is 0 Å². The Balaban J connectivity index is 1.17. The van der Waals surface area contributed by atoms with Gasteiger partial charge in [0.1, 0.15) is 11.6 Å². The number of anilines is 1. The van der Waals surface area contributed by atoms with Gasteiger partial charge in [-0.15, -0.1) is 0 Å². The number of halogens is 2. The summed E-state index contributed by atoms with van der Waals surface area (Å²) in [5, 5.41) is 6.43. The van der Waals surface area contributed by atoms with Crippen LogP contribution in [0, 0.1) is 11.6 Å². The monoisotopic (exact) mass is 535 g/mol. The van der Waals surface area contributed by atoms with E-state index in [0.717, 1.165) is 50.4 Å². The number of hydrogen-bond donors (Lipinski definition) is 2. The Morgan fingerprint density at radius 2 is 1.97 bits per heavy atom. The van der Waals surface area contributed by atoms with Gasteiger partial charge in [-0.25, -0.2) is 13.8 Å².